The minimum atomic E-state index is -0.657. The van der Waals surface area contributed by atoms with Crippen LogP contribution >= 0.6 is 0 Å². The third kappa shape index (κ3) is 4.32. The van der Waals surface area contributed by atoms with Crippen LogP contribution in [0.3, 0.4) is 0 Å². The van der Waals surface area contributed by atoms with Crippen LogP contribution in [0.4, 0.5) is 0 Å². The second-order valence-corrected chi connectivity index (χ2v) is 12.1. The number of hydrogen-bond donors (Lipinski definition) is 0. The van der Waals surface area contributed by atoms with E-state index in [0.717, 1.165) is 56.6 Å². The van der Waals surface area contributed by atoms with Gasteiger partial charge in [-0.05, 0) is 56.6 Å². The zero-order valence-electron chi connectivity index (χ0n) is 25.3. The summed E-state index contributed by atoms with van der Waals surface area (Å²) in [6.45, 7) is 7.07. The van der Waals surface area contributed by atoms with Crippen molar-refractivity contribution in [3.63, 3.8) is 0 Å². The largest absolute Gasteiger partial charge is 0.384 e. The Bertz CT molecular complexity index is 1470. The van der Waals surface area contributed by atoms with Crippen molar-refractivity contribution in [1.29, 1.82) is 0 Å². The minimum Gasteiger partial charge on any atom is -0.384 e. The molecule has 0 bridgehead atoms. The van der Waals surface area contributed by atoms with E-state index >= 15 is 4.79 Å². The Labute approximate surface area is 249 Å². The molecule has 0 fully saturated rings. The average Bonchev–Trinajstić information content (AvgIpc) is 3.44. The Kier molecular flexibility index (Phi) is 8.21. The monoisotopic (exact) mass is 566 g/mol. The van der Waals surface area contributed by atoms with Crippen molar-refractivity contribution >= 4 is 27.3 Å². The molecular weight excluding hydrogens is 524 g/mol. The van der Waals surface area contributed by atoms with Crippen LogP contribution < -0.4 is 0 Å². The van der Waals surface area contributed by atoms with E-state index < -0.39 is 22.7 Å². The SMILES string of the molecule is CCCOCC1(COC)c2cccc3cccc(c23)C1C(=O)C1c2cccc3cccc(c23)C1(COC)COCCC. The molecule has 4 unspecified atom stereocenters. The van der Waals surface area contributed by atoms with Gasteiger partial charge in [0.15, 0.2) is 0 Å². The van der Waals surface area contributed by atoms with Crippen molar-refractivity contribution in [1.82, 2.24) is 0 Å². The van der Waals surface area contributed by atoms with Gasteiger partial charge in [0.05, 0.1) is 49.1 Å². The van der Waals surface area contributed by atoms with Crippen molar-refractivity contribution in [2.75, 3.05) is 53.9 Å². The Morgan fingerprint density at radius 3 is 1.40 bits per heavy atom. The number of rotatable bonds is 14. The fraction of sp³-hybridized carbons (Fsp3) is 0.432. The number of benzene rings is 4. The van der Waals surface area contributed by atoms with E-state index in [4.69, 9.17) is 18.9 Å². The maximum absolute atomic E-state index is 15.7. The van der Waals surface area contributed by atoms with Gasteiger partial charge in [0.1, 0.15) is 5.78 Å². The van der Waals surface area contributed by atoms with E-state index in [1.54, 1.807) is 14.2 Å². The summed E-state index contributed by atoms with van der Waals surface area (Å²) in [5.41, 5.74) is 3.09. The van der Waals surface area contributed by atoms with Gasteiger partial charge in [0.25, 0.3) is 0 Å². The Morgan fingerprint density at radius 1 is 0.619 bits per heavy atom. The molecule has 2 aliphatic carbocycles. The first-order valence-electron chi connectivity index (χ1n) is 15.3. The second kappa shape index (κ2) is 11.9. The third-order valence-corrected chi connectivity index (χ3v) is 9.46. The highest BCUT2D eigenvalue weighted by Gasteiger charge is 2.59. The van der Waals surface area contributed by atoms with Gasteiger partial charge in [0.2, 0.25) is 0 Å². The van der Waals surface area contributed by atoms with Gasteiger partial charge in [-0.1, -0.05) is 86.6 Å². The summed E-state index contributed by atoms with van der Waals surface area (Å²) in [6, 6.07) is 25.5. The summed E-state index contributed by atoms with van der Waals surface area (Å²) in [7, 11) is 3.46. The summed E-state index contributed by atoms with van der Waals surface area (Å²) in [5.74, 6) is -0.726. The minimum absolute atomic E-state index is 0.177. The highest BCUT2D eigenvalue weighted by atomic mass is 16.5. The molecule has 42 heavy (non-hydrogen) atoms. The summed E-state index contributed by atoms with van der Waals surface area (Å²) in [4.78, 5) is 15.7. The van der Waals surface area contributed by atoms with Crippen molar-refractivity contribution in [3.8, 4) is 0 Å². The molecule has 4 atom stereocenters. The highest BCUT2D eigenvalue weighted by molar-refractivity contribution is 6.08. The first-order chi connectivity index (χ1) is 20.6. The van der Waals surface area contributed by atoms with Gasteiger partial charge in [-0.15, -0.1) is 0 Å². The number of ketones is 1. The fourth-order valence-corrected chi connectivity index (χ4v) is 8.02. The van der Waals surface area contributed by atoms with Gasteiger partial charge >= 0.3 is 0 Å². The summed E-state index contributed by atoms with van der Waals surface area (Å²) in [6.07, 6.45) is 1.81. The molecule has 5 heteroatoms. The van der Waals surface area contributed by atoms with Crippen LogP contribution in [0.15, 0.2) is 72.8 Å². The number of ether oxygens (including phenoxy) is 4. The fourth-order valence-electron chi connectivity index (χ4n) is 8.02. The molecule has 5 nitrogen and oxygen atoms in total. The van der Waals surface area contributed by atoms with Crippen molar-refractivity contribution in [2.45, 2.75) is 49.4 Å². The molecule has 4 aromatic rings. The summed E-state index contributed by atoms with van der Waals surface area (Å²) >= 11 is 0. The molecular formula is C37H42O5. The number of carbonyl (C=O) groups excluding carboxylic acids is 1. The van der Waals surface area contributed by atoms with Crippen LogP contribution in [0, 0.1) is 0 Å². The number of methoxy groups -OCH3 is 2. The van der Waals surface area contributed by atoms with E-state index in [-0.39, 0.29) is 5.78 Å². The number of carbonyl (C=O) groups is 1. The normalized spacial score (nSPS) is 24.2. The maximum Gasteiger partial charge on any atom is 0.149 e. The molecule has 0 N–H and O–H groups in total. The molecule has 0 spiro atoms. The second-order valence-electron chi connectivity index (χ2n) is 12.1. The molecule has 2 aliphatic rings. The van der Waals surface area contributed by atoms with Gasteiger partial charge in [0, 0.05) is 27.4 Å². The predicted octanol–water partition coefficient (Wildman–Crippen LogP) is 7.08. The molecule has 4 aromatic carbocycles. The van der Waals surface area contributed by atoms with Crippen molar-refractivity contribution < 1.29 is 23.7 Å². The quantitative estimate of drug-likeness (QED) is 0.153. The molecule has 0 radical (unpaired) electrons. The van der Waals surface area contributed by atoms with E-state index in [1.807, 2.05) is 0 Å². The van der Waals surface area contributed by atoms with Gasteiger partial charge in [-0.2, -0.15) is 0 Å². The molecule has 0 heterocycles. The molecule has 0 aliphatic heterocycles. The van der Waals surface area contributed by atoms with E-state index in [0.29, 0.717) is 39.6 Å². The van der Waals surface area contributed by atoms with Gasteiger partial charge in [-0.25, -0.2) is 0 Å². The average molecular weight is 567 g/mol. The molecule has 0 aromatic heterocycles. The van der Waals surface area contributed by atoms with Gasteiger partial charge < -0.3 is 18.9 Å². The van der Waals surface area contributed by atoms with Crippen LogP contribution in [0.25, 0.3) is 21.5 Å². The zero-order valence-corrected chi connectivity index (χ0v) is 25.3. The molecule has 220 valence electrons. The van der Waals surface area contributed by atoms with Crippen LogP contribution in [-0.2, 0) is 34.6 Å². The summed E-state index contributed by atoms with van der Waals surface area (Å²) < 4.78 is 24.7. The Balaban J connectivity index is 1.59. The maximum atomic E-state index is 15.7. The smallest absolute Gasteiger partial charge is 0.149 e. The van der Waals surface area contributed by atoms with E-state index in [1.165, 1.54) is 0 Å². The first-order valence-corrected chi connectivity index (χ1v) is 15.3. The predicted molar refractivity (Wildman–Crippen MR) is 168 cm³/mol. The van der Waals surface area contributed by atoms with Gasteiger partial charge in [-0.3, -0.25) is 4.79 Å². The lowest BCUT2D eigenvalue weighted by Gasteiger charge is -2.41. The van der Waals surface area contributed by atoms with Crippen LogP contribution in [0.2, 0.25) is 0 Å². The molecule has 0 amide bonds. The standard InChI is InChI=1S/C37H42O5/c1-5-19-41-23-36(21-39-3)29-17-9-13-25-11-7-15-27(31(25)29)33(36)35(38)34-28-16-8-12-26-14-10-18-30(32(26)28)37(34,22-40-4)24-42-20-6-2/h7-18,33-34H,5-6,19-24H2,1-4H3. The van der Waals surface area contributed by atoms with Crippen molar-refractivity contribution in [2.24, 2.45) is 0 Å². The van der Waals surface area contributed by atoms with Crippen molar-refractivity contribution in [3.05, 3.63) is 95.1 Å². The highest BCUT2D eigenvalue weighted by Crippen LogP contribution is 2.58. The van der Waals surface area contributed by atoms with E-state index in [9.17, 15) is 0 Å². The van der Waals surface area contributed by atoms with Crippen LogP contribution in [0.1, 0.15) is 60.8 Å². The summed E-state index contributed by atoms with van der Waals surface area (Å²) in [5, 5.41) is 4.60. The lowest BCUT2D eigenvalue weighted by atomic mass is 9.64. The zero-order chi connectivity index (χ0) is 29.3. The lowest BCUT2D eigenvalue weighted by Crippen LogP contribution is -2.49. The molecule has 0 saturated heterocycles. The number of Topliss-reactive ketones (excluding diaryl/α,β-unsaturated/α-hetero) is 1. The number of hydrogen-bond acceptors (Lipinski definition) is 5. The Morgan fingerprint density at radius 2 is 1.02 bits per heavy atom. The topological polar surface area (TPSA) is 54.0 Å². The van der Waals surface area contributed by atoms with Crippen LogP contribution in [-0.4, -0.2) is 59.6 Å². The lowest BCUT2D eigenvalue weighted by molar-refractivity contribution is -0.128. The molecule has 6 rings (SSSR count). The first kappa shape index (κ1) is 29.0. The van der Waals surface area contributed by atoms with Crippen LogP contribution in [0.5, 0.6) is 0 Å². The third-order valence-electron chi connectivity index (χ3n) is 9.46. The van der Waals surface area contributed by atoms with E-state index in [2.05, 4.69) is 86.6 Å². The Hall–Kier alpha value is -3.09. The molecule has 0 saturated carbocycles.